The SMILES string of the molecule is COc1cccc(Cl)c1CNC(=O)NC(C(=O)O)C1CC1. The maximum atomic E-state index is 11.8. The predicted molar refractivity (Wildman–Crippen MR) is 77.5 cm³/mol. The van der Waals surface area contributed by atoms with Gasteiger partial charge in [-0.05, 0) is 30.9 Å². The number of nitrogens with one attached hydrogen (secondary N) is 2. The summed E-state index contributed by atoms with van der Waals surface area (Å²) in [6.45, 7) is 0.158. The number of urea groups is 1. The molecule has 0 spiro atoms. The number of carboxylic acid groups (broad SMARTS) is 1. The lowest BCUT2D eigenvalue weighted by Crippen LogP contribution is -2.47. The van der Waals surface area contributed by atoms with Crippen molar-refractivity contribution in [2.45, 2.75) is 25.4 Å². The zero-order valence-corrected chi connectivity index (χ0v) is 12.3. The third kappa shape index (κ3) is 4.01. The van der Waals surface area contributed by atoms with Crippen LogP contribution in [-0.2, 0) is 11.3 Å². The van der Waals surface area contributed by atoms with E-state index in [0.29, 0.717) is 16.3 Å². The molecule has 7 heteroatoms. The van der Waals surface area contributed by atoms with Crippen LogP contribution < -0.4 is 15.4 Å². The largest absolute Gasteiger partial charge is 0.496 e. The number of aliphatic carboxylic acids is 1. The van der Waals surface area contributed by atoms with Crippen LogP contribution in [0, 0.1) is 5.92 Å². The Bertz CT molecular complexity index is 546. The summed E-state index contributed by atoms with van der Waals surface area (Å²) >= 11 is 6.06. The van der Waals surface area contributed by atoms with Gasteiger partial charge >= 0.3 is 12.0 Å². The van der Waals surface area contributed by atoms with Crippen molar-refractivity contribution in [1.82, 2.24) is 10.6 Å². The highest BCUT2D eigenvalue weighted by Gasteiger charge is 2.37. The van der Waals surface area contributed by atoms with Crippen LogP contribution in [0.3, 0.4) is 0 Å². The summed E-state index contributed by atoms with van der Waals surface area (Å²) < 4.78 is 5.18. The minimum atomic E-state index is -1.01. The average molecular weight is 313 g/mol. The van der Waals surface area contributed by atoms with Gasteiger partial charge in [0.25, 0.3) is 0 Å². The molecule has 0 heterocycles. The molecule has 1 aliphatic carbocycles. The molecule has 6 nitrogen and oxygen atoms in total. The number of hydrogen-bond donors (Lipinski definition) is 3. The summed E-state index contributed by atoms with van der Waals surface area (Å²) in [5.74, 6) is -0.411. The summed E-state index contributed by atoms with van der Waals surface area (Å²) in [7, 11) is 1.52. The second-order valence-corrected chi connectivity index (χ2v) is 5.31. The molecular formula is C14H17ClN2O4. The van der Waals surface area contributed by atoms with Gasteiger partial charge < -0.3 is 20.5 Å². The Labute approximate surface area is 127 Å². The Morgan fingerprint density at radius 3 is 2.76 bits per heavy atom. The highest BCUT2D eigenvalue weighted by Crippen LogP contribution is 2.32. The molecule has 1 unspecified atom stereocenters. The van der Waals surface area contributed by atoms with Crippen molar-refractivity contribution in [2.24, 2.45) is 5.92 Å². The lowest BCUT2D eigenvalue weighted by Gasteiger charge is -2.15. The Morgan fingerprint density at radius 2 is 2.19 bits per heavy atom. The van der Waals surface area contributed by atoms with Gasteiger partial charge in [0.2, 0.25) is 0 Å². The number of halogens is 1. The normalized spacial score (nSPS) is 15.1. The van der Waals surface area contributed by atoms with Crippen molar-refractivity contribution >= 4 is 23.6 Å². The van der Waals surface area contributed by atoms with E-state index in [1.807, 2.05) is 0 Å². The molecule has 0 bridgehead atoms. The zero-order valence-electron chi connectivity index (χ0n) is 11.6. The first kappa shape index (κ1) is 15.4. The number of rotatable bonds is 6. The molecule has 3 N–H and O–H groups in total. The van der Waals surface area contributed by atoms with Crippen molar-refractivity contribution in [1.29, 1.82) is 0 Å². The van der Waals surface area contributed by atoms with Crippen LogP contribution in [0.5, 0.6) is 5.75 Å². The summed E-state index contributed by atoms with van der Waals surface area (Å²) in [6.07, 6.45) is 1.66. The minimum Gasteiger partial charge on any atom is -0.496 e. The predicted octanol–water partition coefficient (Wildman–Crippen LogP) is 2.01. The molecule has 1 aromatic carbocycles. The quantitative estimate of drug-likeness (QED) is 0.750. The van der Waals surface area contributed by atoms with E-state index in [1.54, 1.807) is 18.2 Å². The lowest BCUT2D eigenvalue weighted by molar-refractivity contribution is -0.139. The minimum absolute atomic E-state index is 0.0306. The molecule has 1 fully saturated rings. The van der Waals surface area contributed by atoms with Crippen LogP contribution in [0.4, 0.5) is 4.79 Å². The topological polar surface area (TPSA) is 87.7 Å². The van der Waals surface area contributed by atoms with E-state index in [0.717, 1.165) is 12.8 Å². The van der Waals surface area contributed by atoms with Crippen LogP contribution in [-0.4, -0.2) is 30.3 Å². The van der Waals surface area contributed by atoms with Gasteiger partial charge in [0, 0.05) is 17.1 Å². The Balaban J connectivity index is 1.93. The maximum Gasteiger partial charge on any atom is 0.326 e. The van der Waals surface area contributed by atoms with Gasteiger partial charge in [-0.2, -0.15) is 0 Å². The van der Waals surface area contributed by atoms with Crippen molar-refractivity contribution in [3.05, 3.63) is 28.8 Å². The molecule has 2 amide bonds. The van der Waals surface area contributed by atoms with Crippen molar-refractivity contribution in [2.75, 3.05) is 7.11 Å². The number of carbonyl (C=O) groups excluding carboxylic acids is 1. The highest BCUT2D eigenvalue weighted by atomic mass is 35.5. The molecule has 1 saturated carbocycles. The Hall–Kier alpha value is -1.95. The summed E-state index contributed by atoms with van der Waals surface area (Å²) in [4.78, 5) is 22.9. The molecule has 1 aromatic rings. The molecule has 114 valence electrons. The average Bonchev–Trinajstić information content (AvgIpc) is 3.27. The third-order valence-electron chi connectivity index (χ3n) is 3.37. The van der Waals surface area contributed by atoms with Gasteiger partial charge in [0.1, 0.15) is 11.8 Å². The van der Waals surface area contributed by atoms with Crippen LogP contribution in [0.15, 0.2) is 18.2 Å². The molecule has 2 rings (SSSR count). The van der Waals surface area contributed by atoms with Crippen molar-refractivity contribution in [3.8, 4) is 5.75 Å². The number of carbonyl (C=O) groups is 2. The highest BCUT2D eigenvalue weighted by molar-refractivity contribution is 6.31. The van der Waals surface area contributed by atoms with E-state index in [1.165, 1.54) is 7.11 Å². The van der Waals surface area contributed by atoms with E-state index in [2.05, 4.69) is 10.6 Å². The molecular weight excluding hydrogens is 296 g/mol. The maximum absolute atomic E-state index is 11.8. The molecule has 0 saturated heterocycles. The Kier molecular flexibility index (Phi) is 4.90. The fourth-order valence-electron chi connectivity index (χ4n) is 2.07. The standard InChI is InChI=1S/C14H17ClN2O4/c1-21-11-4-2-3-10(15)9(11)7-16-14(20)17-12(13(18)19)8-5-6-8/h2-4,8,12H,5-7H2,1H3,(H,18,19)(H2,16,17,20). The van der Waals surface area contributed by atoms with Crippen LogP contribution in [0.2, 0.25) is 5.02 Å². The summed E-state index contributed by atoms with van der Waals surface area (Å²) in [5, 5.41) is 14.6. The molecule has 21 heavy (non-hydrogen) atoms. The van der Waals surface area contributed by atoms with Crippen LogP contribution >= 0.6 is 11.6 Å². The number of carboxylic acids is 1. The number of methoxy groups -OCH3 is 1. The Morgan fingerprint density at radius 1 is 1.48 bits per heavy atom. The van der Waals surface area contributed by atoms with E-state index >= 15 is 0 Å². The van der Waals surface area contributed by atoms with E-state index in [4.69, 9.17) is 21.4 Å². The van der Waals surface area contributed by atoms with Gasteiger partial charge in [-0.3, -0.25) is 0 Å². The van der Waals surface area contributed by atoms with Gasteiger partial charge in [0.15, 0.2) is 0 Å². The monoisotopic (exact) mass is 312 g/mol. The first-order chi connectivity index (χ1) is 10.0. The third-order valence-corrected chi connectivity index (χ3v) is 3.72. The van der Waals surface area contributed by atoms with Crippen LogP contribution in [0.1, 0.15) is 18.4 Å². The van der Waals surface area contributed by atoms with Crippen molar-refractivity contribution in [3.63, 3.8) is 0 Å². The van der Waals surface area contributed by atoms with Crippen molar-refractivity contribution < 1.29 is 19.4 Å². The number of hydrogen-bond acceptors (Lipinski definition) is 3. The van der Waals surface area contributed by atoms with E-state index in [-0.39, 0.29) is 12.5 Å². The first-order valence-corrected chi connectivity index (χ1v) is 6.99. The summed E-state index contributed by atoms with van der Waals surface area (Å²) in [5.41, 5.74) is 0.648. The summed E-state index contributed by atoms with van der Waals surface area (Å²) in [6, 6.07) is 3.82. The van der Waals surface area contributed by atoms with Gasteiger partial charge in [-0.1, -0.05) is 17.7 Å². The van der Waals surface area contributed by atoms with Crippen LogP contribution in [0.25, 0.3) is 0 Å². The molecule has 1 atom stereocenters. The first-order valence-electron chi connectivity index (χ1n) is 6.61. The molecule has 1 aliphatic rings. The lowest BCUT2D eigenvalue weighted by atomic mass is 10.2. The second-order valence-electron chi connectivity index (χ2n) is 4.90. The van der Waals surface area contributed by atoms with Gasteiger partial charge in [0.05, 0.1) is 7.11 Å². The van der Waals surface area contributed by atoms with E-state index < -0.39 is 18.0 Å². The molecule has 0 aliphatic heterocycles. The zero-order chi connectivity index (χ0) is 15.4. The van der Waals surface area contributed by atoms with Gasteiger partial charge in [-0.15, -0.1) is 0 Å². The number of ether oxygens (including phenoxy) is 1. The fraction of sp³-hybridized carbons (Fsp3) is 0.429. The molecule has 0 radical (unpaired) electrons. The smallest absolute Gasteiger partial charge is 0.326 e. The molecule has 0 aromatic heterocycles. The van der Waals surface area contributed by atoms with E-state index in [9.17, 15) is 9.59 Å². The number of benzene rings is 1. The van der Waals surface area contributed by atoms with Gasteiger partial charge in [-0.25, -0.2) is 9.59 Å². The second kappa shape index (κ2) is 6.67. The fourth-order valence-corrected chi connectivity index (χ4v) is 2.31. The number of amides is 2.